The second-order valence-corrected chi connectivity index (χ2v) is 4.39. The van der Waals surface area contributed by atoms with Crippen LogP contribution in [0.2, 0.25) is 0 Å². The van der Waals surface area contributed by atoms with E-state index in [0.29, 0.717) is 5.41 Å². The first-order valence-corrected chi connectivity index (χ1v) is 4.53. The molecule has 0 amide bonds. The number of likely N-dealkylation sites (N-methyl/N-ethyl adjacent to an activating group) is 1. The van der Waals surface area contributed by atoms with Crippen molar-refractivity contribution >= 4 is 5.69 Å². The number of hydrogen-bond acceptors (Lipinski definition) is 0. The van der Waals surface area contributed by atoms with Gasteiger partial charge in [0.15, 0.2) is 0 Å². The Morgan fingerprint density at radius 1 is 1.23 bits per heavy atom. The number of fused-ring (bicyclic) bond motifs is 1. The highest BCUT2D eigenvalue weighted by atomic mass is 35.5. The number of quaternary nitrogens is 1. The molecule has 0 bridgehead atoms. The van der Waals surface area contributed by atoms with Gasteiger partial charge in [0.05, 0.1) is 13.6 Å². The zero-order valence-corrected chi connectivity index (χ0v) is 9.15. The van der Waals surface area contributed by atoms with E-state index in [1.54, 1.807) is 0 Å². The molecule has 0 spiro atoms. The minimum Gasteiger partial charge on any atom is -1.00 e. The molecule has 0 saturated heterocycles. The van der Waals surface area contributed by atoms with Gasteiger partial charge in [-0.25, -0.2) is 0 Å². The molecule has 0 saturated carbocycles. The van der Waals surface area contributed by atoms with Crippen LogP contribution in [0.15, 0.2) is 24.3 Å². The Hall–Kier alpha value is -0.530. The summed E-state index contributed by atoms with van der Waals surface area (Å²) in [5.41, 5.74) is 3.35. The molecule has 1 aliphatic rings. The molecule has 0 fully saturated rings. The molecule has 2 rings (SSSR count). The minimum absolute atomic E-state index is 0. The van der Waals surface area contributed by atoms with Crippen LogP contribution in [0.5, 0.6) is 0 Å². The maximum atomic E-state index is 2.32. The SMILES string of the molecule is C[NH+]1CC(C)(C)c2ccccc21.[Cl-]. The fraction of sp³-hybridized carbons (Fsp3) is 0.455. The molecule has 13 heavy (non-hydrogen) atoms. The summed E-state index contributed by atoms with van der Waals surface area (Å²) in [6.07, 6.45) is 0. The van der Waals surface area contributed by atoms with Crippen LogP contribution in [0.25, 0.3) is 0 Å². The second kappa shape index (κ2) is 3.32. The third-order valence-corrected chi connectivity index (χ3v) is 2.82. The van der Waals surface area contributed by atoms with E-state index in [9.17, 15) is 0 Å². The zero-order chi connectivity index (χ0) is 8.77. The van der Waals surface area contributed by atoms with Gasteiger partial charge in [0.2, 0.25) is 0 Å². The van der Waals surface area contributed by atoms with Gasteiger partial charge in [-0.2, -0.15) is 0 Å². The van der Waals surface area contributed by atoms with Crippen molar-refractivity contribution in [1.29, 1.82) is 0 Å². The lowest BCUT2D eigenvalue weighted by Crippen LogP contribution is -3.03. The molecule has 1 heterocycles. The Morgan fingerprint density at radius 2 is 1.85 bits per heavy atom. The molecular weight excluding hydrogens is 182 g/mol. The van der Waals surface area contributed by atoms with Gasteiger partial charge in [0, 0.05) is 11.0 Å². The van der Waals surface area contributed by atoms with E-state index in [2.05, 4.69) is 45.2 Å². The van der Waals surface area contributed by atoms with E-state index < -0.39 is 0 Å². The first-order valence-electron chi connectivity index (χ1n) is 4.53. The maximum Gasteiger partial charge on any atom is 0.135 e. The molecule has 1 atom stereocenters. The molecule has 1 nitrogen and oxygen atoms in total. The summed E-state index contributed by atoms with van der Waals surface area (Å²) in [5.74, 6) is 0. The smallest absolute Gasteiger partial charge is 0.135 e. The van der Waals surface area contributed by atoms with Gasteiger partial charge in [0.1, 0.15) is 5.69 Å². The van der Waals surface area contributed by atoms with Gasteiger partial charge in [-0.3, -0.25) is 0 Å². The van der Waals surface area contributed by atoms with Crippen molar-refractivity contribution in [3.05, 3.63) is 29.8 Å². The number of hydrogen-bond donors (Lipinski definition) is 1. The summed E-state index contributed by atoms with van der Waals surface area (Å²) in [4.78, 5) is 1.54. The van der Waals surface area contributed by atoms with E-state index in [1.165, 1.54) is 22.7 Å². The standard InChI is InChI=1S/C11H15N.ClH/c1-11(2)8-12(3)10-7-5-4-6-9(10)11;/h4-7H,8H2,1-3H3;1H. The largest absolute Gasteiger partial charge is 1.00 e. The van der Waals surface area contributed by atoms with Crippen LogP contribution in [0.4, 0.5) is 5.69 Å². The number of rotatable bonds is 0. The topological polar surface area (TPSA) is 4.44 Å². The summed E-state index contributed by atoms with van der Waals surface area (Å²) < 4.78 is 0. The summed E-state index contributed by atoms with van der Waals surface area (Å²) in [6.45, 7) is 5.86. The molecule has 1 aromatic rings. The molecule has 2 heteroatoms. The maximum absolute atomic E-state index is 2.32. The van der Waals surface area contributed by atoms with Crippen molar-refractivity contribution in [2.75, 3.05) is 13.6 Å². The summed E-state index contributed by atoms with van der Waals surface area (Å²) >= 11 is 0. The second-order valence-electron chi connectivity index (χ2n) is 4.39. The quantitative estimate of drug-likeness (QED) is 0.497. The molecule has 1 unspecified atom stereocenters. The summed E-state index contributed by atoms with van der Waals surface area (Å²) in [5, 5.41) is 0. The van der Waals surface area contributed by atoms with Crippen LogP contribution in [-0.2, 0) is 5.41 Å². The third kappa shape index (κ3) is 1.59. The number of benzene rings is 1. The van der Waals surface area contributed by atoms with Crippen LogP contribution in [0.1, 0.15) is 19.4 Å². The lowest BCUT2D eigenvalue weighted by Gasteiger charge is -2.14. The fourth-order valence-electron chi connectivity index (χ4n) is 2.30. The Bertz CT molecular complexity index is 307. The molecule has 72 valence electrons. The van der Waals surface area contributed by atoms with Crippen molar-refractivity contribution < 1.29 is 17.3 Å². The van der Waals surface area contributed by atoms with Crippen molar-refractivity contribution in [3.8, 4) is 0 Å². The Kier molecular flexibility index (Phi) is 2.69. The van der Waals surface area contributed by atoms with Gasteiger partial charge < -0.3 is 17.3 Å². The van der Waals surface area contributed by atoms with E-state index in [0.717, 1.165) is 0 Å². The molecule has 1 N–H and O–H groups in total. The van der Waals surface area contributed by atoms with E-state index in [4.69, 9.17) is 0 Å². The van der Waals surface area contributed by atoms with Gasteiger partial charge in [0.25, 0.3) is 0 Å². The van der Waals surface area contributed by atoms with E-state index >= 15 is 0 Å². The first kappa shape index (κ1) is 10.6. The van der Waals surface area contributed by atoms with E-state index in [1.807, 2.05) is 0 Å². The summed E-state index contributed by atoms with van der Waals surface area (Å²) in [7, 11) is 2.24. The molecule has 0 radical (unpaired) electrons. The van der Waals surface area contributed by atoms with Crippen molar-refractivity contribution in [3.63, 3.8) is 0 Å². The normalized spacial score (nSPS) is 23.5. The Morgan fingerprint density at radius 3 is 2.46 bits per heavy atom. The lowest BCUT2D eigenvalue weighted by molar-refractivity contribution is -0.806. The van der Waals surface area contributed by atoms with Crippen LogP contribution < -0.4 is 17.3 Å². The molecule has 0 aliphatic carbocycles. The number of nitrogens with one attached hydrogen (secondary N) is 1. The minimum atomic E-state index is 0. The van der Waals surface area contributed by atoms with Crippen molar-refractivity contribution in [2.45, 2.75) is 19.3 Å². The number of para-hydroxylation sites is 1. The Balaban J connectivity index is 0.000000845. The van der Waals surface area contributed by atoms with Crippen molar-refractivity contribution in [1.82, 2.24) is 0 Å². The molecule has 1 aliphatic heterocycles. The van der Waals surface area contributed by atoms with Crippen LogP contribution in [0, 0.1) is 0 Å². The van der Waals surface area contributed by atoms with Crippen LogP contribution in [0.3, 0.4) is 0 Å². The third-order valence-electron chi connectivity index (χ3n) is 2.82. The predicted octanol–water partition coefficient (Wildman–Crippen LogP) is -1.87. The predicted molar refractivity (Wildman–Crippen MR) is 50.9 cm³/mol. The van der Waals surface area contributed by atoms with Gasteiger partial charge in [-0.05, 0) is 6.07 Å². The summed E-state index contributed by atoms with van der Waals surface area (Å²) in [6, 6.07) is 8.76. The van der Waals surface area contributed by atoms with Crippen molar-refractivity contribution in [2.24, 2.45) is 0 Å². The average Bonchev–Trinajstić information content (AvgIpc) is 2.25. The zero-order valence-electron chi connectivity index (χ0n) is 8.39. The monoisotopic (exact) mass is 197 g/mol. The lowest BCUT2D eigenvalue weighted by atomic mass is 9.87. The van der Waals surface area contributed by atoms with Gasteiger partial charge >= 0.3 is 0 Å². The Labute approximate surface area is 86.2 Å². The highest BCUT2D eigenvalue weighted by molar-refractivity contribution is 5.46. The van der Waals surface area contributed by atoms with Crippen LogP contribution in [-0.4, -0.2) is 13.6 Å². The average molecular weight is 198 g/mol. The van der Waals surface area contributed by atoms with Crippen LogP contribution >= 0.6 is 0 Å². The van der Waals surface area contributed by atoms with Gasteiger partial charge in [-0.15, -0.1) is 0 Å². The number of halogens is 1. The highest BCUT2D eigenvalue weighted by Gasteiger charge is 2.36. The first-order chi connectivity index (χ1) is 5.61. The highest BCUT2D eigenvalue weighted by Crippen LogP contribution is 2.30. The fourth-order valence-corrected chi connectivity index (χ4v) is 2.30. The molecular formula is C11H16ClN. The van der Waals surface area contributed by atoms with Gasteiger partial charge in [-0.1, -0.05) is 32.0 Å². The van der Waals surface area contributed by atoms with E-state index in [-0.39, 0.29) is 12.4 Å². The molecule has 1 aromatic carbocycles. The molecule has 0 aromatic heterocycles.